The standard InChI is InChI=1S/C10H17NS/c1-7-5-9(8(2)12-7)10(3,4)6-11/h5H,6,11H2,1-4H3. The summed E-state index contributed by atoms with van der Waals surface area (Å²) in [6.07, 6.45) is 0. The zero-order valence-electron chi connectivity index (χ0n) is 8.27. The minimum absolute atomic E-state index is 0.134. The van der Waals surface area contributed by atoms with Crippen LogP contribution in [0.4, 0.5) is 0 Å². The molecule has 0 radical (unpaired) electrons. The highest BCUT2D eigenvalue weighted by Crippen LogP contribution is 2.31. The lowest BCUT2D eigenvalue weighted by atomic mass is 9.85. The fraction of sp³-hybridized carbons (Fsp3) is 0.600. The molecule has 2 N–H and O–H groups in total. The molecular weight excluding hydrogens is 166 g/mol. The fourth-order valence-electron chi connectivity index (χ4n) is 1.41. The van der Waals surface area contributed by atoms with Gasteiger partial charge in [0.2, 0.25) is 0 Å². The van der Waals surface area contributed by atoms with Gasteiger partial charge >= 0.3 is 0 Å². The van der Waals surface area contributed by atoms with E-state index in [1.165, 1.54) is 15.3 Å². The third-order valence-electron chi connectivity index (χ3n) is 2.28. The zero-order valence-corrected chi connectivity index (χ0v) is 9.09. The minimum atomic E-state index is 0.134. The first kappa shape index (κ1) is 9.75. The molecule has 0 amide bonds. The zero-order chi connectivity index (χ0) is 9.35. The minimum Gasteiger partial charge on any atom is -0.330 e. The molecule has 0 unspecified atom stereocenters. The van der Waals surface area contributed by atoms with E-state index in [0.29, 0.717) is 6.54 Å². The molecule has 0 atom stereocenters. The van der Waals surface area contributed by atoms with E-state index in [-0.39, 0.29) is 5.41 Å². The Morgan fingerprint density at radius 3 is 2.33 bits per heavy atom. The van der Waals surface area contributed by atoms with Crippen LogP contribution in [0, 0.1) is 13.8 Å². The van der Waals surface area contributed by atoms with E-state index in [0.717, 1.165) is 0 Å². The Hall–Kier alpha value is -0.340. The van der Waals surface area contributed by atoms with Crippen LogP contribution in [0.25, 0.3) is 0 Å². The lowest BCUT2D eigenvalue weighted by molar-refractivity contribution is 0.538. The molecule has 12 heavy (non-hydrogen) atoms. The molecule has 0 spiro atoms. The van der Waals surface area contributed by atoms with Gasteiger partial charge in [0.1, 0.15) is 0 Å². The largest absolute Gasteiger partial charge is 0.330 e. The third kappa shape index (κ3) is 1.70. The van der Waals surface area contributed by atoms with Crippen LogP contribution in [0.15, 0.2) is 6.07 Å². The Morgan fingerprint density at radius 2 is 2.00 bits per heavy atom. The first-order valence-corrected chi connectivity index (χ1v) is 5.06. The van der Waals surface area contributed by atoms with Gasteiger partial charge in [-0.1, -0.05) is 13.8 Å². The van der Waals surface area contributed by atoms with Gasteiger partial charge in [-0.25, -0.2) is 0 Å². The number of hydrogen-bond acceptors (Lipinski definition) is 2. The topological polar surface area (TPSA) is 26.0 Å². The van der Waals surface area contributed by atoms with Gasteiger partial charge in [-0.15, -0.1) is 11.3 Å². The Morgan fingerprint density at radius 1 is 1.42 bits per heavy atom. The van der Waals surface area contributed by atoms with E-state index >= 15 is 0 Å². The Balaban J connectivity index is 3.09. The number of thiophene rings is 1. The summed E-state index contributed by atoms with van der Waals surface area (Å²) in [6.45, 7) is 9.42. The predicted octanol–water partition coefficient (Wildman–Crippen LogP) is 2.60. The number of hydrogen-bond donors (Lipinski definition) is 1. The molecule has 1 aromatic rings. The summed E-state index contributed by atoms with van der Waals surface area (Å²) in [6, 6.07) is 2.26. The highest BCUT2D eigenvalue weighted by Gasteiger charge is 2.21. The van der Waals surface area contributed by atoms with Crippen molar-refractivity contribution in [3.63, 3.8) is 0 Å². The fourth-order valence-corrected chi connectivity index (χ4v) is 2.52. The summed E-state index contributed by atoms with van der Waals surface area (Å²) in [4.78, 5) is 2.78. The van der Waals surface area contributed by atoms with E-state index in [4.69, 9.17) is 5.73 Å². The van der Waals surface area contributed by atoms with Crippen molar-refractivity contribution in [1.29, 1.82) is 0 Å². The normalized spacial score (nSPS) is 12.1. The van der Waals surface area contributed by atoms with Gasteiger partial charge in [-0.3, -0.25) is 0 Å². The van der Waals surface area contributed by atoms with Crippen molar-refractivity contribution >= 4 is 11.3 Å². The van der Waals surface area contributed by atoms with Crippen LogP contribution >= 0.6 is 11.3 Å². The second-order valence-corrected chi connectivity index (χ2v) is 5.38. The molecule has 0 aliphatic heterocycles. The molecule has 0 aromatic carbocycles. The van der Waals surface area contributed by atoms with Crippen LogP contribution < -0.4 is 5.73 Å². The van der Waals surface area contributed by atoms with E-state index in [1.807, 2.05) is 11.3 Å². The van der Waals surface area contributed by atoms with E-state index in [1.54, 1.807) is 0 Å². The maximum atomic E-state index is 5.72. The lowest BCUT2D eigenvalue weighted by Crippen LogP contribution is -2.28. The van der Waals surface area contributed by atoms with Gasteiger partial charge in [-0.05, 0) is 25.5 Å². The molecule has 1 heterocycles. The predicted molar refractivity (Wildman–Crippen MR) is 55.9 cm³/mol. The molecular formula is C10H17NS. The van der Waals surface area contributed by atoms with Crippen molar-refractivity contribution in [3.8, 4) is 0 Å². The molecule has 0 aliphatic rings. The molecule has 1 aromatic heterocycles. The van der Waals surface area contributed by atoms with Gasteiger partial charge < -0.3 is 5.73 Å². The van der Waals surface area contributed by atoms with Crippen molar-refractivity contribution in [3.05, 3.63) is 21.4 Å². The quantitative estimate of drug-likeness (QED) is 0.749. The van der Waals surface area contributed by atoms with Gasteiger partial charge in [0.05, 0.1) is 0 Å². The third-order valence-corrected chi connectivity index (χ3v) is 3.25. The van der Waals surface area contributed by atoms with Crippen LogP contribution in [0.2, 0.25) is 0 Å². The van der Waals surface area contributed by atoms with Gasteiger partial charge in [0, 0.05) is 21.7 Å². The second kappa shape index (κ2) is 3.19. The van der Waals surface area contributed by atoms with Gasteiger partial charge in [0.25, 0.3) is 0 Å². The van der Waals surface area contributed by atoms with Crippen LogP contribution in [-0.4, -0.2) is 6.54 Å². The molecule has 0 fully saturated rings. The van der Waals surface area contributed by atoms with E-state index in [2.05, 4.69) is 33.8 Å². The molecule has 1 nitrogen and oxygen atoms in total. The van der Waals surface area contributed by atoms with Gasteiger partial charge in [-0.2, -0.15) is 0 Å². The van der Waals surface area contributed by atoms with E-state index in [9.17, 15) is 0 Å². The summed E-state index contributed by atoms with van der Waals surface area (Å²) in [5.41, 5.74) is 7.26. The van der Waals surface area contributed by atoms with Crippen molar-refractivity contribution in [2.75, 3.05) is 6.54 Å². The molecule has 2 heteroatoms. The smallest absolute Gasteiger partial charge is 0.00549 e. The average molecular weight is 183 g/mol. The Labute approximate surface area is 78.6 Å². The van der Waals surface area contributed by atoms with Crippen LogP contribution in [0.1, 0.15) is 29.2 Å². The summed E-state index contributed by atoms with van der Waals surface area (Å²) in [5.74, 6) is 0. The number of rotatable bonds is 2. The molecule has 0 bridgehead atoms. The monoisotopic (exact) mass is 183 g/mol. The average Bonchev–Trinajstić information content (AvgIpc) is 2.31. The van der Waals surface area contributed by atoms with Crippen molar-refractivity contribution in [1.82, 2.24) is 0 Å². The van der Waals surface area contributed by atoms with Crippen LogP contribution in [-0.2, 0) is 5.41 Å². The first-order valence-electron chi connectivity index (χ1n) is 4.25. The molecule has 68 valence electrons. The highest BCUT2D eigenvalue weighted by atomic mass is 32.1. The van der Waals surface area contributed by atoms with Crippen LogP contribution in [0.3, 0.4) is 0 Å². The summed E-state index contributed by atoms with van der Waals surface area (Å²) < 4.78 is 0. The molecule has 0 aliphatic carbocycles. The molecule has 0 saturated heterocycles. The first-order chi connectivity index (χ1) is 5.47. The maximum absolute atomic E-state index is 5.72. The maximum Gasteiger partial charge on any atom is 0.00549 e. The highest BCUT2D eigenvalue weighted by molar-refractivity contribution is 7.12. The molecule has 1 rings (SSSR count). The van der Waals surface area contributed by atoms with Crippen molar-refractivity contribution in [2.45, 2.75) is 33.1 Å². The summed E-state index contributed by atoms with van der Waals surface area (Å²) in [7, 11) is 0. The summed E-state index contributed by atoms with van der Waals surface area (Å²) >= 11 is 1.86. The van der Waals surface area contributed by atoms with Crippen LogP contribution in [0.5, 0.6) is 0 Å². The van der Waals surface area contributed by atoms with E-state index < -0.39 is 0 Å². The van der Waals surface area contributed by atoms with Crippen molar-refractivity contribution < 1.29 is 0 Å². The van der Waals surface area contributed by atoms with Crippen molar-refractivity contribution in [2.24, 2.45) is 5.73 Å². The Bertz CT molecular complexity index is 273. The second-order valence-electron chi connectivity index (χ2n) is 3.91. The Kier molecular flexibility index (Phi) is 2.59. The SMILES string of the molecule is Cc1cc(C(C)(C)CN)c(C)s1. The number of nitrogens with two attached hydrogens (primary N) is 1. The summed E-state index contributed by atoms with van der Waals surface area (Å²) in [5, 5.41) is 0. The number of aryl methyl sites for hydroxylation is 2. The molecule has 0 saturated carbocycles. The van der Waals surface area contributed by atoms with Gasteiger partial charge in [0.15, 0.2) is 0 Å². The lowest BCUT2D eigenvalue weighted by Gasteiger charge is -2.22.